The van der Waals surface area contributed by atoms with E-state index in [9.17, 15) is 9.59 Å². The van der Waals surface area contributed by atoms with Gasteiger partial charge in [0, 0.05) is 0 Å². The zero-order valence-corrected chi connectivity index (χ0v) is 10.9. The van der Waals surface area contributed by atoms with Crippen LogP contribution in [0.15, 0.2) is 23.3 Å². The molecule has 0 aromatic carbocycles. The summed E-state index contributed by atoms with van der Waals surface area (Å²) in [6, 6.07) is 0. The molecule has 0 spiro atoms. The molecule has 0 saturated carbocycles. The van der Waals surface area contributed by atoms with Gasteiger partial charge in [0.1, 0.15) is 0 Å². The number of carbonyl (C=O) groups is 2. The van der Waals surface area contributed by atoms with E-state index in [1.807, 2.05) is 26.0 Å². The summed E-state index contributed by atoms with van der Waals surface area (Å²) in [5.74, 6) is -0.707. The lowest BCUT2D eigenvalue weighted by molar-refractivity contribution is -0.140. The largest absolute Gasteiger partial charge is 0.469 e. The van der Waals surface area contributed by atoms with E-state index in [2.05, 4.69) is 9.47 Å². The molecular formula is C13H20O4. The Kier molecular flexibility index (Phi) is 7.76. The van der Waals surface area contributed by atoms with Gasteiger partial charge in [-0.15, -0.1) is 0 Å². The van der Waals surface area contributed by atoms with E-state index in [0.29, 0.717) is 0 Å². The number of esters is 2. The molecule has 4 nitrogen and oxygen atoms in total. The first kappa shape index (κ1) is 15.4. The van der Waals surface area contributed by atoms with Crippen LogP contribution in [0.1, 0.15) is 33.1 Å². The van der Waals surface area contributed by atoms with Crippen molar-refractivity contribution in [1.29, 1.82) is 0 Å². The van der Waals surface area contributed by atoms with Gasteiger partial charge in [-0.1, -0.05) is 24.6 Å². The minimum absolute atomic E-state index is 0.117. The van der Waals surface area contributed by atoms with Gasteiger partial charge in [0.25, 0.3) is 0 Å². The molecule has 4 heteroatoms. The molecule has 0 aromatic heterocycles. The minimum atomic E-state index is -0.354. The van der Waals surface area contributed by atoms with Crippen LogP contribution in [0, 0.1) is 0 Å². The normalized spacial score (nSPS) is 10.1. The minimum Gasteiger partial charge on any atom is -0.469 e. The topological polar surface area (TPSA) is 52.6 Å². The second-order valence-electron chi connectivity index (χ2n) is 3.60. The molecule has 96 valence electrons. The van der Waals surface area contributed by atoms with Crippen LogP contribution in [0.3, 0.4) is 0 Å². The van der Waals surface area contributed by atoms with Crippen LogP contribution < -0.4 is 0 Å². The van der Waals surface area contributed by atoms with Crippen molar-refractivity contribution < 1.29 is 19.1 Å². The second-order valence-corrected chi connectivity index (χ2v) is 3.60. The third kappa shape index (κ3) is 6.56. The maximum absolute atomic E-state index is 11.2. The summed E-state index contributed by atoms with van der Waals surface area (Å²) >= 11 is 0. The van der Waals surface area contributed by atoms with Crippen LogP contribution in [0.4, 0.5) is 0 Å². The van der Waals surface area contributed by atoms with Crippen molar-refractivity contribution in [2.45, 2.75) is 33.1 Å². The fourth-order valence-corrected chi connectivity index (χ4v) is 1.25. The fraction of sp³-hybridized carbons (Fsp3) is 0.538. The maximum atomic E-state index is 11.2. The Morgan fingerprint density at radius 3 is 1.88 bits per heavy atom. The van der Waals surface area contributed by atoms with Gasteiger partial charge in [0.15, 0.2) is 0 Å². The zero-order chi connectivity index (χ0) is 13.3. The van der Waals surface area contributed by atoms with Crippen LogP contribution in [-0.4, -0.2) is 26.2 Å². The van der Waals surface area contributed by atoms with E-state index in [4.69, 9.17) is 0 Å². The van der Waals surface area contributed by atoms with Crippen LogP contribution in [0.25, 0.3) is 0 Å². The highest BCUT2D eigenvalue weighted by molar-refractivity contribution is 5.78. The van der Waals surface area contributed by atoms with Crippen molar-refractivity contribution in [3.63, 3.8) is 0 Å². The van der Waals surface area contributed by atoms with E-state index in [1.165, 1.54) is 14.2 Å². The van der Waals surface area contributed by atoms with E-state index >= 15 is 0 Å². The molecule has 0 atom stereocenters. The van der Waals surface area contributed by atoms with E-state index in [-0.39, 0.29) is 24.8 Å². The highest BCUT2D eigenvalue weighted by Gasteiger charge is 2.12. The Morgan fingerprint density at radius 2 is 1.53 bits per heavy atom. The van der Waals surface area contributed by atoms with Crippen molar-refractivity contribution in [3.8, 4) is 0 Å². The number of allylic oxidation sites excluding steroid dienone is 3. The molecule has 17 heavy (non-hydrogen) atoms. The molecule has 0 radical (unpaired) electrons. The maximum Gasteiger partial charge on any atom is 0.309 e. The van der Waals surface area contributed by atoms with Gasteiger partial charge < -0.3 is 9.47 Å². The highest BCUT2D eigenvalue weighted by Crippen LogP contribution is 2.16. The van der Waals surface area contributed by atoms with E-state index in [0.717, 1.165) is 17.6 Å². The third-order valence-electron chi connectivity index (χ3n) is 2.33. The van der Waals surface area contributed by atoms with Gasteiger partial charge >= 0.3 is 11.9 Å². The molecule has 0 saturated heterocycles. The standard InChI is InChI=1S/C13H20O4/c1-5-6-7-10(2)11(8-12(14)16-3)9-13(15)17-4/h6-7H,5,8-9H2,1-4H3/b7-6+. The molecule has 0 bridgehead atoms. The number of hydrogen-bond acceptors (Lipinski definition) is 4. The first-order valence-electron chi connectivity index (χ1n) is 5.53. The molecular weight excluding hydrogens is 220 g/mol. The predicted molar refractivity (Wildman–Crippen MR) is 65.4 cm³/mol. The van der Waals surface area contributed by atoms with Crippen LogP contribution in [0.5, 0.6) is 0 Å². The Labute approximate surface area is 102 Å². The van der Waals surface area contributed by atoms with E-state index in [1.54, 1.807) is 0 Å². The predicted octanol–water partition coefficient (Wildman–Crippen LogP) is 2.40. The Morgan fingerprint density at radius 1 is 1.06 bits per heavy atom. The number of hydrogen-bond donors (Lipinski definition) is 0. The number of ether oxygens (including phenoxy) is 2. The fourth-order valence-electron chi connectivity index (χ4n) is 1.25. The van der Waals surface area contributed by atoms with Crippen molar-refractivity contribution in [1.82, 2.24) is 0 Å². The Balaban J connectivity index is 4.87. The molecule has 0 N–H and O–H groups in total. The molecule has 0 rings (SSSR count). The molecule has 0 aliphatic rings. The van der Waals surface area contributed by atoms with Gasteiger partial charge in [0.05, 0.1) is 27.1 Å². The summed E-state index contributed by atoms with van der Waals surface area (Å²) in [6.45, 7) is 3.89. The van der Waals surface area contributed by atoms with Crippen LogP contribution in [0.2, 0.25) is 0 Å². The molecule has 0 unspecified atom stereocenters. The van der Waals surface area contributed by atoms with Crippen LogP contribution >= 0.6 is 0 Å². The van der Waals surface area contributed by atoms with E-state index < -0.39 is 0 Å². The summed E-state index contributed by atoms with van der Waals surface area (Å²) in [5.41, 5.74) is 1.64. The van der Waals surface area contributed by atoms with Crippen molar-refractivity contribution in [2.75, 3.05) is 14.2 Å². The summed E-state index contributed by atoms with van der Waals surface area (Å²) in [4.78, 5) is 22.5. The second kappa shape index (κ2) is 8.56. The molecule has 0 aliphatic carbocycles. The van der Waals surface area contributed by atoms with Crippen LogP contribution in [-0.2, 0) is 19.1 Å². The molecule has 0 fully saturated rings. The average molecular weight is 240 g/mol. The molecule has 0 amide bonds. The summed E-state index contributed by atoms with van der Waals surface area (Å²) in [7, 11) is 2.66. The lowest BCUT2D eigenvalue weighted by atomic mass is 10.0. The smallest absolute Gasteiger partial charge is 0.309 e. The monoisotopic (exact) mass is 240 g/mol. The third-order valence-corrected chi connectivity index (χ3v) is 2.33. The lowest BCUT2D eigenvalue weighted by Gasteiger charge is -2.08. The number of carbonyl (C=O) groups excluding carboxylic acids is 2. The SMILES string of the molecule is CC/C=C/C(C)=C(CC(=O)OC)CC(=O)OC. The molecule has 0 aliphatic heterocycles. The summed E-state index contributed by atoms with van der Waals surface area (Å²) in [6.07, 6.45) is 5.02. The highest BCUT2D eigenvalue weighted by atomic mass is 16.5. The Hall–Kier alpha value is -1.58. The van der Waals surface area contributed by atoms with Crippen molar-refractivity contribution >= 4 is 11.9 Å². The van der Waals surface area contributed by atoms with Gasteiger partial charge in [-0.05, 0) is 18.9 Å². The summed E-state index contributed by atoms with van der Waals surface area (Å²) < 4.78 is 9.20. The Bertz CT molecular complexity index is 306. The number of methoxy groups -OCH3 is 2. The van der Waals surface area contributed by atoms with Gasteiger partial charge in [0.2, 0.25) is 0 Å². The zero-order valence-electron chi connectivity index (χ0n) is 10.9. The van der Waals surface area contributed by atoms with Gasteiger partial charge in [-0.25, -0.2) is 0 Å². The lowest BCUT2D eigenvalue weighted by Crippen LogP contribution is -2.08. The molecule has 0 heterocycles. The van der Waals surface area contributed by atoms with Crippen molar-refractivity contribution in [2.24, 2.45) is 0 Å². The first-order valence-corrected chi connectivity index (χ1v) is 5.53. The first-order chi connectivity index (χ1) is 8.04. The van der Waals surface area contributed by atoms with Crippen molar-refractivity contribution in [3.05, 3.63) is 23.3 Å². The number of rotatable bonds is 6. The van der Waals surface area contributed by atoms with Gasteiger partial charge in [-0.3, -0.25) is 9.59 Å². The van der Waals surface area contributed by atoms with Gasteiger partial charge in [-0.2, -0.15) is 0 Å². The average Bonchev–Trinajstić information content (AvgIpc) is 2.34. The summed E-state index contributed by atoms with van der Waals surface area (Å²) in [5, 5.41) is 0. The quantitative estimate of drug-likeness (QED) is 0.528. The molecule has 0 aromatic rings.